The average molecular weight is 173 g/mol. The molecule has 0 rings (SSSR count). The molecule has 11 heavy (non-hydrogen) atoms. The molecule has 0 amide bonds. The molecule has 0 aromatic rings. The fourth-order valence-corrected chi connectivity index (χ4v) is 0. The van der Waals surface area contributed by atoms with E-state index in [1.807, 2.05) is 0 Å². The van der Waals surface area contributed by atoms with Crippen LogP contribution in [-0.2, 0) is 4.79 Å². The van der Waals surface area contributed by atoms with Crippen molar-refractivity contribution in [1.82, 2.24) is 0 Å². The Morgan fingerprint density at radius 2 is 1.64 bits per heavy atom. The van der Waals surface area contributed by atoms with Crippen molar-refractivity contribution >= 4 is 35.5 Å². The van der Waals surface area contributed by atoms with Crippen LogP contribution >= 0.6 is 0 Å². The van der Waals surface area contributed by atoms with Crippen LogP contribution in [0.25, 0.3) is 0 Å². The molecule has 0 aromatic carbocycles. The number of carboxylic acids is 1. The maximum atomic E-state index is 9.57. The predicted octanol–water partition coefficient (Wildman–Crippen LogP) is -2.33. The van der Waals surface area contributed by atoms with Crippen molar-refractivity contribution < 1.29 is 9.90 Å². The Kier molecular flexibility index (Phi) is 20.6. The molecule has 0 heterocycles. The van der Waals surface area contributed by atoms with E-state index in [2.05, 4.69) is 0 Å². The molecule has 7 N–H and O–H groups in total. The minimum atomic E-state index is -0.963. The molecule has 0 unspecified atom stereocenters. The van der Waals surface area contributed by atoms with Crippen molar-refractivity contribution in [3.63, 3.8) is 0 Å². The van der Waals surface area contributed by atoms with Gasteiger partial charge in [0.2, 0.25) is 0 Å². The molecule has 0 saturated heterocycles. The molecule has 1 atom stereocenters. The van der Waals surface area contributed by atoms with Crippen LogP contribution in [0.15, 0.2) is 0 Å². The van der Waals surface area contributed by atoms with Crippen LogP contribution in [-0.4, -0.2) is 59.8 Å². The van der Waals surface area contributed by atoms with Crippen molar-refractivity contribution in [2.24, 2.45) is 17.2 Å². The van der Waals surface area contributed by atoms with Crippen LogP contribution in [0.4, 0.5) is 0 Å². The number of aliphatic carboxylic acids is 1. The molecule has 0 aliphatic heterocycles. The van der Waals surface area contributed by atoms with Crippen LogP contribution in [0.3, 0.4) is 0 Å². The fourth-order valence-electron chi connectivity index (χ4n) is 0. The quantitative estimate of drug-likeness (QED) is 0.350. The molecular formula is C5H16N3NaO2. The van der Waals surface area contributed by atoms with Crippen LogP contribution in [0.2, 0.25) is 0 Å². The zero-order chi connectivity index (χ0) is 8.57. The molecule has 5 nitrogen and oxygen atoms in total. The topological polar surface area (TPSA) is 115 Å². The van der Waals surface area contributed by atoms with E-state index in [4.69, 9.17) is 22.3 Å². The van der Waals surface area contributed by atoms with Gasteiger partial charge in [0.1, 0.15) is 6.04 Å². The average Bonchev–Trinajstić information content (AvgIpc) is 1.89. The molecule has 0 aliphatic rings. The van der Waals surface area contributed by atoms with Crippen molar-refractivity contribution in [3.8, 4) is 0 Å². The summed E-state index contributed by atoms with van der Waals surface area (Å²) in [6, 6.07) is -0.731. The summed E-state index contributed by atoms with van der Waals surface area (Å²) in [6.07, 6.45) is 0. The van der Waals surface area contributed by atoms with Gasteiger partial charge in [-0.2, -0.15) is 0 Å². The molecule has 0 aliphatic carbocycles. The SMILES string of the molecule is C[C@H](N)C(=O)O.NCCN.[NaH]. The van der Waals surface area contributed by atoms with Gasteiger partial charge in [0.25, 0.3) is 0 Å². The van der Waals surface area contributed by atoms with Gasteiger partial charge in [-0.3, -0.25) is 4.79 Å². The first-order valence-corrected chi connectivity index (χ1v) is 2.94. The van der Waals surface area contributed by atoms with Gasteiger partial charge < -0.3 is 22.3 Å². The van der Waals surface area contributed by atoms with E-state index in [0.717, 1.165) is 0 Å². The summed E-state index contributed by atoms with van der Waals surface area (Å²) in [6.45, 7) is 2.61. The molecule has 0 fully saturated rings. The predicted molar refractivity (Wildman–Crippen MR) is 46.5 cm³/mol. The fraction of sp³-hybridized carbons (Fsp3) is 0.800. The van der Waals surface area contributed by atoms with Crippen molar-refractivity contribution in [2.45, 2.75) is 13.0 Å². The summed E-state index contributed by atoms with van der Waals surface area (Å²) in [5, 5.41) is 7.87. The van der Waals surface area contributed by atoms with E-state index in [-0.39, 0.29) is 29.6 Å². The zero-order valence-corrected chi connectivity index (χ0v) is 6.08. The van der Waals surface area contributed by atoms with Crippen molar-refractivity contribution in [2.75, 3.05) is 13.1 Å². The molecule has 0 bridgehead atoms. The van der Waals surface area contributed by atoms with E-state index < -0.39 is 12.0 Å². The third kappa shape index (κ3) is 25.2. The molecule has 0 spiro atoms. The first-order valence-electron chi connectivity index (χ1n) is 2.94. The summed E-state index contributed by atoms with van der Waals surface area (Å²) >= 11 is 0. The third-order valence-corrected chi connectivity index (χ3v) is 0.556. The monoisotopic (exact) mass is 173 g/mol. The van der Waals surface area contributed by atoms with Crippen LogP contribution in [0.1, 0.15) is 6.92 Å². The number of hydrogen-bond acceptors (Lipinski definition) is 4. The first kappa shape index (κ1) is 17.4. The van der Waals surface area contributed by atoms with E-state index in [1.54, 1.807) is 0 Å². The Balaban J connectivity index is -0.000000114. The van der Waals surface area contributed by atoms with Gasteiger partial charge in [-0.05, 0) is 6.92 Å². The van der Waals surface area contributed by atoms with Crippen molar-refractivity contribution in [1.29, 1.82) is 0 Å². The second-order valence-corrected chi connectivity index (χ2v) is 1.70. The van der Waals surface area contributed by atoms with E-state index in [9.17, 15) is 4.79 Å². The molecule has 6 heteroatoms. The summed E-state index contributed by atoms with van der Waals surface area (Å²) in [5.74, 6) is -0.963. The summed E-state index contributed by atoms with van der Waals surface area (Å²) in [4.78, 5) is 9.57. The van der Waals surface area contributed by atoms with Gasteiger partial charge in [-0.1, -0.05) is 0 Å². The number of nitrogens with two attached hydrogens (primary N) is 3. The van der Waals surface area contributed by atoms with Crippen molar-refractivity contribution in [3.05, 3.63) is 0 Å². The normalized spacial score (nSPS) is 10.2. The summed E-state index contributed by atoms with van der Waals surface area (Å²) in [5.41, 5.74) is 14.6. The van der Waals surface area contributed by atoms with E-state index in [1.165, 1.54) is 6.92 Å². The van der Waals surface area contributed by atoms with Gasteiger partial charge in [-0.15, -0.1) is 0 Å². The third-order valence-electron chi connectivity index (χ3n) is 0.556. The number of carbonyl (C=O) groups is 1. The Morgan fingerprint density at radius 1 is 1.45 bits per heavy atom. The Labute approximate surface area is 88.6 Å². The van der Waals surface area contributed by atoms with Crippen LogP contribution in [0.5, 0.6) is 0 Å². The van der Waals surface area contributed by atoms with Gasteiger partial charge >= 0.3 is 35.5 Å². The number of rotatable bonds is 2. The molecule has 0 saturated carbocycles. The molecule has 64 valence electrons. The second-order valence-electron chi connectivity index (χ2n) is 1.70. The molecular weight excluding hydrogens is 157 g/mol. The minimum absolute atomic E-state index is 0. The number of hydrogen-bond donors (Lipinski definition) is 4. The molecule has 0 aromatic heterocycles. The van der Waals surface area contributed by atoms with Gasteiger partial charge in [-0.25, -0.2) is 0 Å². The number of carboxylic acid groups (broad SMARTS) is 1. The maximum absolute atomic E-state index is 9.57. The molecule has 0 radical (unpaired) electrons. The van der Waals surface area contributed by atoms with Gasteiger partial charge in [0.05, 0.1) is 0 Å². The van der Waals surface area contributed by atoms with Gasteiger partial charge in [0, 0.05) is 13.1 Å². The van der Waals surface area contributed by atoms with E-state index >= 15 is 0 Å². The second kappa shape index (κ2) is 13.0. The zero-order valence-electron chi connectivity index (χ0n) is 6.08. The Morgan fingerprint density at radius 3 is 1.64 bits per heavy atom. The van der Waals surface area contributed by atoms with Gasteiger partial charge in [0.15, 0.2) is 0 Å². The first-order chi connectivity index (χ1) is 4.56. The standard InChI is InChI=1S/C3H7NO2.C2H8N2.Na.H/c1-2(4)3(5)6;3-1-2-4;;/h2H,4H2,1H3,(H,5,6);1-4H2;;/t2-;;;/m0.../s1. The van der Waals surface area contributed by atoms with Crippen LogP contribution in [0, 0.1) is 0 Å². The van der Waals surface area contributed by atoms with E-state index in [0.29, 0.717) is 13.1 Å². The Hall–Kier alpha value is 0.350. The summed E-state index contributed by atoms with van der Waals surface area (Å²) < 4.78 is 0. The summed E-state index contributed by atoms with van der Waals surface area (Å²) in [7, 11) is 0. The van der Waals surface area contributed by atoms with Crippen LogP contribution < -0.4 is 17.2 Å². The Bertz CT molecular complexity index is 87.8.